The van der Waals surface area contributed by atoms with E-state index in [2.05, 4.69) is 6.07 Å². The second kappa shape index (κ2) is 7.60. The SMILES string of the molecule is CC1Cc2cc(C(=O)N3CCC(c4nc5ccccc5s4)CC3)ccc2N1S(C)(=O)=O. The lowest BCUT2D eigenvalue weighted by molar-refractivity contribution is 0.0713. The zero-order chi connectivity index (χ0) is 21.8. The normalized spacial score (nSPS) is 19.7. The van der Waals surface area contributed by atoms with Gasteiger partial charge >= 0.3 is 0 Å². The van der Waals surface area contributed by atoms with Crippen LogP contribution in [0.3, 0.4) is 0 Å². The summed E-state index contributed by atoms with van der Waals surface area (Å²) >= 11 is 1.76. The largest absolute Gasteiger partial charge is 0.339 e. The van der Waals surface area contributed by atoms with Gasteiger partial charge in [0.15, 0.2) is 0 Å². The van der Waals surface area contributed by atoms with Gasteiger partial charge in [-0.15, -0.1) is 11.3 Å². The van der Waals surface area contributed by atoms with E-state index in [0.29, 0.717) is 36.7 Å². The van der Waals surface area contributed by atoms with Gasteiger partial charge in [0, 0.05) is 30.6 Å². The highest BCUT2D eigenvalue weighted by atomic mass is 32.2. The number of benzene rings is 2. The lowest BCUT2D eigenvalue weighted by atomic mass is 9.96. The smallest absolute Gasteiger partial charge is 0.253 e. The van der Waals surface area contributed by atoms with Crippen molar-refractivity contribution < 1.29 is 13.2 Å². The van der Waals surface area contributed by atoms with Crippen LogP contribution in [0.1, 0.15) is 46.6 Å². The third-order valence-electron chi connectivity index (χ3n) is 6.28. The Morgan fingerprint density at radius 2 is 1.87 bits per heavy atom. The fraction of sp³-hybridized carbons (Fsp3) is 0.391. The Hall–Kier alpha value is -2.45. The number of carbonyl (C=O) groups excluding carboxylic acids is 1. The number of aromatic nitrogens is 1. The molecule has 1 fully saturated rings. The number of piperidine rings is 1. The fourth-order valence-electron chi connectivity index (χ4n) is 4.82. The Kier molecular flexibility index (Phi) is 5.01. The van der Waals surface area contributed by atoms with Gasteiger partial charge in [-0.05, 0) is 62.1 Å². The highest BCUT2D eigenvalue weighted by Gasteiger charge is 2.33. The minimum atomic E-state index is -3.33. The lowest BCUT2D eigenvalue weighted by Gasteiger charge is -2.31. The molecule has 0 radical (unpaired) electrons. The number of rotatable bonds is 3. The van der Waals surface area contributed by atoms with Gasteiger partial charge in [0.1, 0.15) is 0 Å². The van der Waals surface area contributed by atoms with Crippen molar-refractivity contribution in [1.82, 2.24) is 9.88 Å². The summed E-state index contributed by atoms with van der Waals surface area (Å²) in [6.45, 7) is 3.32. The monoisotopic (exact) mass is 455 g/mol. The number of likely N-dealkylation sites (tertiary alicyclic amines) is 1. The fourth-order valence-corrected chi connectivity index (χ4v) is 7.22. The maximum absolute atomic E-state index is 13.1. The van der Waals surface area contributed by atoms with Crippen molar-refractivity contribution in [3.8, 4) is 0 Å². The predicted molar refractivity (Wildman–Crippen MR) is 124 cm³/mol. The molecule has 0 saturated carbocycles. The Balaban J connectivity index is 1.29. The average molecular weight is 456 g/mol. The third-order valence-corrected chi connectivity index (χ3v) is 8.75. The van der Waals surface area contributed by atoms with Crippen LogP contribution in [0, 0.1) is 0 Å². The molecule has 6 nitrogen and oxygen atoms in total. The number of fused-ring (bicyclic) bond motifs is 2. The van der Waals surface area contributed by atoms with E-state index in [-0.39, 0.29) is 11.9 Å². The number of sulfonamides is 1. The van der Waals surface area contributed by atoms with E-state index >= 15 is 0 Å². The first-order valence-electron chi connectivity index (χ1n) is 10.6. The Morgan fingerprint density at radius 1 is 1.13 bits per heavy atom. The molecule has 31 heavy (non-hydrogen) atoms. The van der Waals surface area contributed by atoms with Crippen LogP contribution in [-0.4, -0.2) is 49.6 Å². The Bertz CT molecular complexity index is 1230. The molecular formula is C23H25N3O3S2. The van der Waals surface area contributed by atoms with Gasteiger partial charge in [-0.2, -0.15) is 0 Å². The van der Waals surface area contributed by atoms with Crippen molar-refractivity contribution in [2.24, 2.45) is 0 Å². The first-order chi connectivity index (χ1) is 14.8. The molecule has 1 amide bonds. The summed E-state index contributed by atoms with van der Waals surface area (Å²) in [5.74, 6) is 0.418. The van der Waals surface area contributed by atoms with Crippen LogP contribution in [-0.2, 0) is 16.4 Å². The Morgan fingerprint density at radius 3 is 2.58 bits per heavy atom. The summed E-state index contributed by atoms with van der Waals surface area (Å²) in [4.78, 5) is 19.8. The molecule has 5 rings (SSSR count). The van der Waals surface area contributed by atoms with E-state index in [9.17, 15) is 13.2 Å². The number of anilines is 1. The summed E-state index contributed by atoms with van der Waals surface area (Å²) in [7, 11) is -3.33. The maximum atomic E-state index is 13.1. The summed E-state index contributed by atoms with van der Waals surface area (Å²) < 4.78 is 26.9. The van der Waals surface area contributed by atoms with Gasteiger partial charge < -0.3 is 4.90 Å². The van der Waals surface area contributed by atoms with E-state index in [1.807, 2.05) is 36.1 Å². The van der Waals surface area contributed by atoms with Gasteiger partial charge in [0.05, 0.1) is 27.2 Å². The molecule has 0 spiro atoms. The zero-order valence-electron chi connectivity index (χ0n) is 17.6. The van der Waals surface area contributed by atoms with Gasteiger partial charge in [-0.25, -0.2) is 13.4 Å². The molecule has 1 atom stereocenters. The van der Waals surface area contributed by atoms with Crippen LogP contribution >= 0.6 is 11.3 Å². The van der Waals surface area contributed by atoms with Crippen LogP contribution in [0.2, 0.25) is 0 Å². The summed E-state index contributed by atoms with van der Waals surface area (Å²) in [6, 6.07) is 13.5. The second-order valence-corrected chi connectivity index (χ2v) is 11.5. The lowest BCUT2D eigenvalue weighted by Crippen LogP contribution is -2.38. The van der Waals surface area contributed by atoms with Crippen LogP contribution in [0.25, 0.3) is 10.2 Å². The number of thiazole rings is 1. The van der Waals surface area contributed by atoms with Crippen LogP contribution < -0.4 is 4.31 Å². The third kappa shape index (κ3) is 3.72. The molecule has 1 saturated heterocycles. The van der Waals surface area contributed by atoms with Crippen molar-refractivity contribution in [2.75, 3.05) is 23.7 Å². The van der Waals surface area contributed by atoms with E-state index in [1.165, 1.54) is 20.3 Å². The molecule has 2 aromatic carbocycles. The minimum absolute atomic E-state index is 0.0241. The quantitative estimate of drug-likeness (QED) is 0.598. The van der Waals surface area contributed by atoms with Gasteiger partial charge in [0.25, 0.3) is 5.91 Å². The van der Waals surface area contributed by atoms with Crippen molar-refractivity contribution in [3.05, 3.63) is 58.6 Å². The van der Waals surface area contributed by atoms with Gasteiger partial charge in [-0.3, -0.25) is 9.10 Å². The molecular weight excluding hydrogens is 430 g/mol. The molecule has 0 N–H and O–H groups in total. The van der Waals surface area contributed by atoms with Crippen molar-refractivity contribution >= 4 is 43.2 Å². The van der Waals surface area contributed by atoms with Crippen molar-refractivity contribution in [3.63, 3.8) is 0 Å². The average Bonchev–Trinajstić information content (AvgIpc) is 3.32. The summed E-state index contributed by atoms with van der Waals surface area (Å²) in [5, 5.41) is 1.17. The molecule has 1 unspecified atom stereocenters. The number of nitrogens with zero attached hydrogens (tertiary/aromatic N) is 3. The maximum Gasteiger partial charge on any atom is 0.253 e. The molecule has 1 aromatic heterocycles. The molecule has 0 aliphatic carbocycles. The molecule has 2 aliphatic heterocycles. The van der Waals surface area contributed by atoms with Crippen LogP contribution in [0.15, 0.2) is 42.5 Å². The summed E-state index contributed by atoms with van der Waals surface area (Å²) in [6.07, 6.45) is 3.68. The molecule has 162 valence electrons. The van der Waals surface area contributed by atoms with E-state index in [1.54, 1.807) is 23.5 Å². The van der Waals surface area contributed by atoms with E-state index in [0.717, 1.165) is 23.9 Å². The number of carbonyl (C=O) groups is 1. The Labute approximate surface area is 186 Å². The van der Waals surface area contributed by atoms with E-state index in [4.69, 9.17) is 4.98 Å². The molecule has 3 heterocycles. The van der Waals surface area contributed by atoms with Crippen LogP contribution in [0.5, 0.6) is 0 Å². The zero-order valence-corrected chi connectivity index (χ0v) is 19.2. The molecule has 2 aliphatic rings. The second-order valence-electron chi connectivity index (χ2n) is 8.54. The number of hydrogen-bond acceptors (Lipinski definition) is 5. The molecule has 8 heteroatoms. The topological polar surface area (TPSA) is 70.6 Å². The van der Waals surface area contributed by atoms with E-state index < -0.39 is 10.0 Å². The number of para-hydroxylation sites is 1. The highest BCUT2D eigenvalue weighted by Crippen LogP contribution is 2.36. The molecule has 0 bridgehead atoms. The number of amides is 1. The highest BCUT2D eigenvalue weighted by molar-refractivity contribution is 7.92. The van der Waals surface area contributed by atoms with Gasteiger partial charge in [-0.1, -0.05) is 12.1 Å². The van der Waals surface area contributed by atoms with Crippen molar-refractivity contribution in [1.29, 1.82) is 0 Å². The first-order valence-corrected chi connectivity index (χ1v) is 13.2. The molecule has 3 aromatic rings. The first kappa shape index (κ1) is 20.5. The number of hydrogen-bond donors (Lipinski definition) is 0. The van der Waals surface area contributed by atoms with Crippen LogP contribution in [0.4, 0.5) is 5.69 Å². The summed E-state index contributed by atoms with van der Waals surface area (Å²) in [5.41, 5.74) is 3.31. The predicted octanol–water partition coefficient (Wildman–Crippen LogP) is 4.03. The standard InChI is InChI=1S/C23H25N3O3S2/c1-15-13-18-14-17(7-8-20(18)26(15)31(2,28)29)23(27)25-11-9-16(10-12-25)22-24-19-5-3-4-6-21(19)30-22/h3-8,14-16H,9-13H2,1-2H3. The minimum Gasteiger partial charge on any atom is -0.339 e. The van der Waals surface area contributed by atoms with Gasteiger partial charge in [0.2, 0.25) is 10.0 Å². The van der Waals surface area contributed by atoms with Crippen molar-refractivity contribution in [2.45, 2.75) is 38.1 Å².